The maximum atomic E-state index is 9.65. The van der Waals surface area contributed by atoms with E-state index in [-0.39, 0.29) is 25.1 Å². The number of rotatable bonds is 4. The first kappa shape index (κ1) is 16.4. The normalized spacial score (nSPS) is 18.1. The second-order valence-corrected chi connectivity index (χ2v) is 5.31. The van der Waals surface area contributed by atoms with Crippen molar-refractivity contribution in [3.63, 3.8) is 0 Å². The topological polar surface area (TPSA) is 35.5 Å². The van der Waals surface area contributed by atoms with E-state index in [0.29, 0.717) is 5.92 Å². The Morgan fingerprint density at radius 2 is 1.63 bits per heavy atom. The summed E-state index contributed by atoms with van der Waals surface area (Å²) in [5.74, 6) is 0.561. The minimum absolute atomic E-state index is 0. The molecular weight excluding hydrogens is 260 g/mol. The van der Waals surface area contributed by atoms with Crippen LogP contribution >= 0.6 is 12.4 Å². The van der Waals surface area contributed by atoms with Crippen molar-refractivity contribution >= 4 is 12.4 Å². The molecule has 1 aromatic rings. The largest absolute Gasteiger partial charge is 0.394 e. The molecule has 0 radical (unpaired) electrons. The van der Waals surface area contributed by atoms with Crippen molar-refractivity contribution in [2.45, 2.75) is 25.8 Å². The molecule has 1 fully saturated rings. The quantitative estimate of drug-likeness (QED) is 0.890. The molecule has 108 valence electrons. The van der Waals surface area contributed by atoms with Gasteiger partial charge in [-0.1, -0.05) is 38.1 Å². The smallest absolute Gasteiger partial charge is 0.0628 e. The van der Waals surface area contributed by atoms with Gasteiger partial charge in [-0.05, 0) is 17.0 Å². The maximum absolute atomic E-state index is 9.65. The highest BCUT2D eigenvalue weighted by molar-refractivity contribution is 5.85. The van der Waals surface area contributed by atoms with Crippen molar-refractivity contribution in [2.24, 2.45) is 0 Å². The van der Waals surface area contributed by atoms with Crippen molar-refractivity contribution in [1.82, 2.24) is 10.2 Å². The number of benzene rings is 1. The molecular formula is C15H25ClN2O. The summed E-state index contributed by atoms with van der Waals surface area (Å²) in [7, 11) is 0. The highest BCUT2D eigenvalue weighted by Gasteiger charge is 2.21. The van der Waals surface area contributed by atoms with Gasteiger partial charge < -0.3 is 10.4 Å². The van der Waals surface area contributed by atoms with E-state index >= 15 is 0 Å². The predicted molar refractivity (Wildman–Crippen MR) is 82.0 cm³/mol. The molecule has 1 saturated heterocycles. The summed E-state index contributed by atoms with van der Waals surface area (Å²) in [6, 6.07) is 8.85. The van der Waals surface area contributed by atoms with Crippen LogP contribution in [-0.2, 0) is 0 Å². The third-order valence-electron chi connectivity index (χ3n) is 3.75. The van der Waals surface area contributed by atoms with Crippen molar-refractivity contribution in [2.75, 3.05) is 32.8 Å². The van der Waals surface area contributed by atoms with Gasteiger partial charge in [0.25, 0.3) is 0 Å². The highest BCUT2D eigenvalue weighted by Crippen LogP contribution is 2.23. The summed E-state index contributed by atoms with van der Waals surface area (Å²) in [5.41, 5.74) is 2.58. The monoisotopic (exact) mass is 284 g/mol. The average molecular weight is 285 g/mol. The Bertz CT molecular complexity index is 361. The summed E-state index contributed by atoms with van der Waals surface area (Å²) in [6.45, 7) is 8.65. The molecule has 1 aromatic carbocycles. The van der Waals surface area contributed by atoms with Crippen LogP contribution in [0.5, 0.6) is 0 Å². The number of nitrogens with zero attached hydrogens (tertiary/aromatic N) is 1. The molecule has 0 amide bonds. The molecule has 0 saturated carbocycles. The van der Waals surface area contributed by atoms with Gasteiger partial charge in [0, 0.05) is 26.2 Å². The molecule has 0 aliphatic carbocycles. The second-order valence-electron chi connectivity index (χ2n) is 5.31. The molecule has 2 rings (SSSR count). The predicted octanol–water partition coefficient (Wildman–Crippen LogP) is 2.17. The molecule has 0 spiro atoms. The van der Waals surface area contributed by atoms with Gasteiger partial charge in [-0.15, -0.1) is 12.4 Å². The fourth-order valence-electron chi connectivity index (χ4n) is 2.53. The van der Waals surface area contributed by atoms with E-state index in [1.54, 1.807) is 0 Å². The van der Waals surface area contributed by atoms with Gasteiger partial charge >= 0.3 is 0 Å². The van der Waals surface area contributed by atoms with Crippen LogP contribution in [0, 0.1) is 0 Å². The van der Waals surface area contributed by atoms with Gasteiger partial charge in [-0.25, -0.2) is 0 Å². The summed E-state index contributed by atoms with van der Waals surface area (Å²) in [4.78, 5) is 2.36. The lowest BCUT2D eigenvalue weighted by atomic mass is 9.98. The fraction of sp³-hybridized carbons (Fsp3) is 0.600. The van der Waals surface area contributed by atoms with E-state index in [1.807, 2.05) is 0 Å². The maximum Gasteiger partial charge on any atom is 0.0628 e. The minimum Gasteiger partial charge on any atom is -0.394 e. The first-order valence-electron chi connectivity index (χ1n) is 6.88. The second kappa shape index (κ2) is 7.85. The van der Waals surface area contributed by atoms with E-state index in [9.17, 15) is 5.11 Å². The van der Waals surface area contributed by atoms with Crippen LogP contribution in [0.3, 0.4) is 0 Å². The molecule has 0 unspecified atom stereocenters. The van der Waals surface area contributed by atoms with Crippen molar-refractivity contribution in [3.8, 4) is 0 Å². The highest BCUT2D eigenvalue weighted by atomic mass is 35.5. The molecule has 0 aromatic heterocycles. The Kier molecular flexibility index (Phi) is 6.80. The number of halogens is 1. The lowest BCUT2D eigenvalue weighted by Gasteiger charge is -2.34. The SMILES string of the molecule is CC(C)c1ccc([C@H](CO)N2CCNCC2)cc1.Cl. The average Bonchev–Trinajstić information content (AvgIpc) is 2.41. The van der Waals surface area contributed by atoms with Crippen molar-refractivity contribution < 1.29 is 5.11 Å². The summed E-state index contributed by atoms with van der Waals surface area (Å²) in [6.07, 6.45) is 0. The van der Waals surface area contributed by atoms with Gasteiger partial charge in [0.1, 0.15) is 0 Å². The Morgan fingerprint density at radius 1 is 1.11 bits per heavy atom. The zero-order valence-corrected chi connectivity index (χ0v) is 12.6. The molecule has 3 nitrogen and oxygen atoms in total. The molecule has 1 heterocycles. The van der Waals surface area contributed by atoms with Gasteiger partial charge in [0.15, 0.2) is 0 Å². The van der Waals surface area contributed by atoms with Crippen LogP contribution in [0.1, 0.15) is 36.9 Å². The van der Waals surface area contributed by atoms with Crippen LogP contribution in [0.4, 0.5) is 0 Å². The Labute approximate surface area is 122 Å². The number of hydrogen-bond donors (Lipinski definition) is 2. The fourth-order valence-corrected chi connectivity index (χ4v) is 2.53. The minimum atomic E-state index is 0. The standard InChI is InChI=1S/C15H24N2O.ClH/c1-12(2)13-3-5-14(6-4-13)15(11-18)17-9-7-16-8-10-17;/h3-6,12,15-16,18H,7-11H2,1-2H3;1H/t15-;/m0./s1. The van der Waals surface area contributed by atoms with Crippen LogP contribution in [0.15, 0.2) is 24.3 Å². The first-order chi connectivity index (χ1) is 8.72. The van der Waals surface area contributed by atoms with Gasteiger partial charge in [0.05, 0.1) is 12.6 Å². The van der Waals surface area contributed by atoms with Crippen LogP contribution in [-0.4, -0.2) is 42.8 Å². The van der Waals surface area contributed by atoms with Gasteiger partial charge in [0.2, 0.25) is 0 Å². The molecule has 1 atom stereocenters. The number of aliphatic hydroxyl groups excluding tert-OH is 1. The molecule has 1 aliphatic rings. The number of aliphatic hydroxyl groups is 1. The molecule has 0 bridgehead atoms. The zero-order chi connectivity index (χ0) is 13.0. The van der Waals surface area contributed by atoms with E-state index < -0.39 is 0 Å². The van der Waals surface area contributed by atoms with E-state index in [2.05, 4.69) is 48.3 Å². The third-order valence-corrected chi connectivity index (χ3v) is 3.75. The van der Waals surface area contributed by atoms with E-state index in [0.717, 1.165) is 26.2 Å². The zero-order valence-electron chi connectivity index (χ0n) is 11.8. The number of hydrogen-bond acceptors (Lipinski definition) is 3. The van der Waals surface area contributed by atoms with Gasteiger partial charge in [-0.3, -0.25) is 4.90 Å². The summed E-state index contributed by atoms with van der Waals surface area (Å²) < 4.78 is 0. The number of nitrogens with one attached hydrogen (secondary N) is 1. The molecule has 2 N–H and O–H groups in total. The van der Waals surface area contributed by atoms with Crippen molar-refractivity contribution in [3.05, 3.63) is 35.4 Å². The van der Waals surface area contributed by atoms with Crippen LogP contribution < -0.4 is 5.32 Å². The third kappa shape index (κ3) is 4.18. The summed E-state index contributed by atoms with van der Waals surface area (Å²) in [5, 5.41) is 13.0. The van der Waals surface area contributed by atoms with Crippen LogP contribution in [0.25, 0.3) is 0 Å². The van der Waals surface area contributed by atoms with E-state index in [1.165, 1.54) is 11.1 Å². The van der Waals surface area contributed by atoms with Gasteiger partial charge in [-0.2, -0.15) is 0 Å². The Balaban J connectivity index is 0.00000180. The first-order valence-corrected chi connectivity index (χ1v) is 6.88. The number of piperazine rings is 1. The molecule has 19 heavy (non-hydrogen) atoms. The van der Waals surface area contributed by atoms with Crippen LogP contribution in [0.2, 0.25) is 0 Å². The molecule has 4 heteroatoms. The Hall–Kier alpha value is -0.610. The summed E-state index contributed by atoms with van der Waals surface area (Å²) >= 11 is 0. The van der Waals surface area contributed by atoms with E-state index in [4.69, 9.17) is 0 Å². The Morgan fingerprint density at radius 3 is 2.11 bits per heavy atom. The lowest BCUT2D eigenvalue weighted by molar-refractivity contribution is 0.111. The lowest BCUT2D eigenvalue weighted by Crippen LogP contribution is -2.46. The molecule has 1 aliphatic heterocycles. The van der Waals surface area contributed by atoms with Crippen molar-refractivity contribution in [1.29, 1.82) is 0 Å².